The standard InChI is InChI=1S/C17H20O/c1-3-5-6-7-8-9-10-11-12-13-14-15-16-17(18)4-2/h3-4,9-12,15-16H,1-2,5-8H2. The first kappa shape index (κ1) is 15.9. The molecular weight excluding hydrogens is 220 g/mol. The third-order valence-electron chi connectivity index (χ3n) is 2.07. The number of carbonyl (C=O) groups excluding carboxylic acids is 1. The van der Waals surface area contributed by atoms with Crippen LogP contribution in [0.15, 0.2) is 61.8 Å². The van der Waals surface area contributed by atoms with Crippen LogP contribution >= 0.6 is 0 Å². The maximum atomic E-state index is 10.8. The zero-order valence-corrected chi connectivity index (χ0v) is 10.8. The molecule has 0 rings (SSSR count). The van der Waals surface area contributed by atoms with Crippen LogP contribution in [0.4, 0.5) is 0 Å². The molecular formula is C17H20O. The largest absolute Gasteiger partial charge is 0.290 e. The van der Waals surface area contributed by atoms with E-state index < -0.39 is 0 Å². The summed E-state index contributed by atoms with van der Waals surface area (Å²) in [6.45, 7) is 7.04. The number of carbonyl (C=O) groups is 1. The van der Waals surface area contributed by atoms with Crippen LogP contribution in [0.1, 0.15) is 25.7 Å². The quantitative estimate of drug-likeness (QED) is 0.205. The molecule has 18 heavy (non-hydrogen) atoms. The molecule has 0 aromatic heterocycles. The molecule has 0 bridgehead atoms. The SMILES string of the molecule is C=CCCCCC=CC=CC#CC=CC(=O)C=C. The molecule has 0 heterocycles. The number of unbranched alkanes of at least 4 members (excludes halogenated alkanes) is 3. The summed E-state index contributed by atoms with van der Waals surface area (Å²) in [4.78, 5) is 10.8. The van der Waals surface area contributed by atoms with E-state index in [1.54, 1.807) is 6.08 Å². The van der Waals surface area contributed by atoms with Gasteiger partial charge in [-0.25, -0.2) is 0 Å². The smallest absolute Gasteiger partial charge is 0.178 e. The van der Waals surface area contributed by atoms with Crippen molar-refractivity contribution in [2.45, 2.75) is 25.7 Å². The van der Waals surface area contributed by atoms with Crippen LogP contribution in [0.2, 0.25) is 0 Å². The Balaban J connectivity index is 3.70. The fourth-order valence-corrected chi connectivity index (χ4v) is 1.12. The minimum absolute atomic E-state index is 0.132. The van der Waals surface area contributed by atoms with E-state index in [2.05, 4.69) is 31.1 Å². The van der Waals surface area contributed by atoms with Crippen LogP contribution in [0.25, 0.3) is 0 Å². The number of hydrogen-bond acceptors (Lipinski definition) is 1. The van der Waals surface area contributed by atoms with Gasteiger partial charge < -0.3 is 0 Å². The predicted octanol–water partition coefficient (Wildman–Crippen LogP) is 4.16. The Bertz CT molecular complexity index is 397. The summed E-state index contributed by atoms with van der Waals surface area (Å²) in [6.07, 6.45) is 18.4. The van der Waals surface area contributed by atoms with E-state index in [9.17, 15) is 4.79 Å². The fourth-order valence-electron chi connectivity index (χ4n) is 1.12. The Morgan fingerprint density at radius 1 is 1.00 bits per heavy atom. The van der Waals surface area contributed by atoms with Crippen molar-refractivity contribution >= 4 is 5.78 Å². The highest BCUT2D eigenvalue weighted by Gasteiger charge is 1.81. The Kier molecular flexibility index (Phi) is 11.5. The van der Waals surface area contributed by atoms with Gasteiger partial charge in [-0.15, -0.1) is 6.58 Å². The molecule has 94 valence electrons. The monoisotopic (exact) mass is 240 g/mol. The molecule has 0 aliphatic heterocycles. The minimum atomic E-state index is -0.132. The van der Waals surface area contributed by atoms with Crippen LogP contribution in [-0.4, -0.2) is 5.78 Å². The van der Waals surface area contributed by atoms with Crippen molar-refractivity contribution in [1.82, 2.24) is 0 Å². The van der Waals surface area contributed by atoms with Crippen LogP contribution in [0, 0.1) is 11.8 Å². The van der Waals surface area contributed by atoms with Crippen molar-refractivity contribution in [3.8, 4) is 11.8 Å². The second kappa shape index (κ2) is 13.0. The Labute approximate surface area is 110 Å². The summed E-state index contributed by atoms with van der Waals surface area (Å²) in [5, 5.41) is 0. The number of ketones is 1. The first-order valence-electron chi connectivity index (χ1n) is 6.08. The molecule has 0 amide bonds. The first-order chi connectivity index (χ1) is 8.81. The molecule has 1 nitrogen and oxygen atoms in total. The molecule has 0 radical (unpaired) electrons. The van der Waals surface area contributed by atoms with Crippen molar-refractivity contribution in [2.24, 2.45) is 0 Å². The van der Waals surface area contributed by atoms with E-state index >= 15 is 0 Å². The van der Waals surface area contributed by atoms with Gasteiger partial charge in [-0.1, -0.05) is 42.7 Å². The second-order valence-electron chi connectivity index (χ2n) is 3.59. The van der Waals surface area contributed by atoms with Crippen LogP contribution in [-0.2, 0) is 4.79 Å². The topological polar surface area (TPSA) is 17.1 Å². The van der Waals surface area contributed by atoms with Crippen LogP contribution in [0.3, 0.4) is 0 Å². The molecule has 0 aromatic rings. The van der Waals surface area contributed by atoms with E-state index in [0.717, 1.165) is 12.8 Å². The van der Waals surface area contributed by atoms with E-state index in [1.165, 1.54) is 31.1 Å². The lowest BCUT2D eigenvalue weighted by Crippen LogP contribution is -1.80. The van der Waals surface area contributed by atoms with Crippen LogP contribution < -0.4 is 0 Å². The molecule has 0 saturated heterocycles. The summed E-state index contributed by atoms with van der Waals surface area (Å²) < 4.78 is 0. The van der Waals surface area contributed by atoms with Gasteiger partial charge in [0, 0.05) is 0 Å². The fraction of sp³-hybridized carbons (Fsp3) is 0.235. The highest BCUT2D eigenvalue weighted by Crippen LogP contribution is 2.00. The lowest BCUT2D eigenvalue weighted by molar-refractivity contribution is -0.110. The van der Waals surface area contributed by atoms with Gasteiger partial charge in [0.1, 0.15) is 0 Å². The average molecular weight is 240 g/mol. The summed E-state index contributed by atoms with van der Waals surface area (Å²) in [5.41, 5.74) is 0. The van der Waals surface area contributed by atoms with Gasteiger partial charge in [0.05, 0.1) is 0 Å². The molecule has 0 saturated carbocycles. The molecule has 0 atom stereocenters. The zero-order valence-electron chi connectivity index (χ0n) is 10.8. The maximum absolute atomic E-state index is 10.8. The number of allylic oxidation sites excluding steroid dienone is 8. The average Bonchev–Trinajstić information content (AvgIpc) is 2.39. The third kappa shape index (κ3) is 12.0. The third-order valence-corrected chi connectivity index (χ3v) is 2.07. The Morgan fingerprint density at radius 3 is 2.44 bits per heavy atom. The van der Waals surface area contributed by atoms with E-state index in [0.29, 0.717) is 0 Å². The van der Waals surface area contributed by atoms with Gasteiger partial charge in [-0.2, -0.15) is 0 Å². The number of rotatable bonds is 8. The summed E-state index contributed by atoms with van der Waals surface area (Å²) >= 11 is 0. The molecule has 0 aromatic carbocycles. The minimum Gasteiger partial charge on any atom is -0.290 e. The molecule has 0 spiro atoms. The maximum Gasteiger partial charge on any atom is 0.178 e. The van der Waals surface area contributed by atoms with E-state index in [1.807, 2.05) is 18.2 Å². The van der Waals surface area contributed by atoms with Gasteiger partial charge in [-0.3, -0.25) is 4.79 Å². The molecule has 0 unspecified atom stereocenters. The predicted molar refractivity (Wildman–Crippen MR) is 79.1 cm³/mol. The van der Waals surface area contributed by atoms with Gasteiger partial charge in [0.25, 0.3) is 0 Å². The van der Waals surface area contributed by atoms with Crippen molar-refractivity contribution in [3.63, 3.8) is 0 Å². The summed E-state index contributed by atoms with van der Waals surface area (Å²) in [5.74, 6) is 5.41. The van der Waals surface area contributed by atoms with Gasteiger partial charge in [-0.05, 0) is 50.0 Å². The van der Waals surface area contributed by atoms with E-state index in [-0.39, 0.29) is 5.78 Å². The zero-order chi connectivity index (χ0) is 13.5. The highest BCUT2D eigenvalue weighted by molar-refractivity contribution is 5.98. The Hall–Kier alpha value is -2.07. The lowest BCUT2D eigenvalue weighted by atomic mass is 10.2. The first-order valence-corrected chi connectivity index (χ1v) is 6.08. The normalized spacial score (nSPS) is 10.7. The summed E-state index contributed by atoms with van der Waals surface area (Å²) in [6, 6.07) is 0. The molecule has 0 aliphatic rings. The molecule has 1 heteroatoms. The van der Waals surface area contributed by atoms with Crippen molar-refractivity contribution in [1.29, 1.82) is 0 Å². The van der Waals surface area contributed by atoms with Gasteiger partial charge in [0.2, 0.25) is 0 Å². The van der Waals surface area contributed by atoms with Gasteiger partial charge in [0.15, 0.2) is 5.78 Å². The van der Waals surface area contributed by atoms with Crippen molar-refractivity contribution in [2.75, 3.05) is 0 Å². The van der Waals surface area contributed by atoms with E-state index in [4.69, 9.17) is 0 Å². The number of hydrogen-bond donors (Lipinski definition) is 0. The van der Waals surface area contributed by atoms with Crippen LogP contribution in [0.5, 0.6) is 0 Å². The highest BCUT2D eigenvalue weighted by atomic mass is 16.1. The van der Waals surface area contributed by atoms with Gasteiger partial charge >= 0.3 is 0 Å². The van der Waals surface area contributed by atoms with Crippen molar-refractivity contribution in [3.05, 3.63) is 61.8 Å². The molecule has 0 aliphatic carbocycles. The lowest BCUT2D eigenvalue weighted by Gasteiger charge is -1.90. The second-order valence-corrected chi connectivity index (χ2v) is 3.59. The van der Waals surface area contributed by atoms with Crippen molar-refractivity contribution < 1.29 is 4.79 Å². The molecule has 0 N–H and O–H groups in total. The summed E-state index contributed by atoms with van der Waals surface area (Å²) in [7, 11) is 0. The molecule has 0 fully saturated rings. The Morgan fingerprint density at radius 2 is 1.72 bits per heavy atom.